The lowest BCUT2D eigenvalue weighted by molar-refractivity contribution is 0.576. The van der Waals surface area contributed by atoms with E-state index in [4.69, 9.17) is 6.57 Å². The summed E-state index contributed by atoms with van der Waals surface area (Å²) in [5, 5.41) is 0.720. The summed E-state index contributed by atoms with van der Waals surface area (Å²) >= 11 is 1.41. The van der Waals surface area contributed by atoms with Crippen molar-refractivity contribution in [3.63, 3.8) is 0 Å². The third-order valence-corrected chi connectivity index (χ3v) is 2.08. The standard InChI is InChI=1S/C8H10N2S/c1-8(2,3)6-7(9-4)11-5-10-6/h5H,1-3H3. The molecule has 0 radical (unpaired) electrons. The van der Waals surface area contributed by atoms with Crippen molar-refractivity contribution in [3.05, 3.63) is 22.6 Å². The summed E-state index contributed by atoms with van der Waals surface area (Å²) in [4.78, 5) is 7.57. The van der Waals surface area contributed by atoms with Crippen LogP contribution in [0.25, 0.3) is 4.85 Å². The minimum Gasteiger partial charge on any atom is -0.262 e. The summed E-state index contributed by atoms with van der Waals surface area (Å²) in [5.41, 5.74) is 2.64. The zero-order valence-electron chi connectivity index (χ0n) is 6.88. The molecule has 1 aromatic heterocycles. The molecule has 0 aromatic carbocycles. The lowest BCUT2D eigenvalue weighted by atomic mass is 9.93. The molecule has 0 amide bonds. The predicted molar refractivity (Wildman–Crippen MR) is 47.1 cm³/mol. The molecule has 0 unspecified atom stereocenters. The van der Waals surface area contributed by atoms with Crippen molar-refractivity contribution in [1.29, 1.82) is 0 Å². The number of nitrogens with zero attached hydrogens (tertiary/aromatic N) is 2. The SMILES string of the molecule is [C-]#[N+]c1scnc1C(C)(C)C. The third kappa shape index (κ3) is 1.58. The third-order valence-electron chi connectivity index (χ3n) is 1.36. The molecule has 0 atom stereocenters. The van der Waals surface area contributed by atoms with Gasteiger partial charge in [-0.1, -0.05) is 20.8 Å². The van der Waals surface area contributed by atoms with E-state index < -0.39 is 0 Å². The van der Waals surface area contributed by atoms with Gasteiger partial charge in [-0.05, 0) is 5.41 Å². The summed E-state index contributed by atoms with van der Waals surface area (Å²) in [6, 6.07) is 0. The van der Waals surface area contributed by atoms with E-state index in [9.17, 15) is 0 Å². The molecule has 1 rings (SSSR count). The second-order valence-electron chi connectivity index (χ2n) is 3.37. The molecule has 0 bridgehead atoms. The molecule has 0 aliphatic heterocycles. The van der Waals surface area contributed by atoms with E-state index in [0.29, 0.717) is 0 Å². The molecular weight excluding hydrogens is 156 g/mol. The second kappa shape index (κ2) is 2.63. The van der Waals surface area contributed by atoms with Gasteiger partial charge in [0, 0.05) is 0 Å². The van der Waals surface area contributed by atoms with Crippen LogP contribution >= 0.6 is 11.3 Å². The van der Waals surface area contributed by atoms with E-state index in [2.05, 4.69) is 30.6 Å². The van der Waals surface area contributed by atoms with Crippen LogP contribution in [-0.2, 0) is 5.41 Å². The fourth-order valence-electron chi connectivity index (χ4n) is 0.834. The van der Waals surface area contributed by atoms with Crippen LogP contribution in [0.15, 0.2) is 5.51 Å². The molecule has 3 heteroatoms. The van der Waals surface area contributed by atoms with Crippen molar-refractivity contribution in [2.45, 2.75) is 26.2 Å². The van der Waals surface area contributed by atoms with Crippen molar-refractivity contribution in [2.75, 3.05) is 0 Å². The molecule has 11 heavy (non-hydrogen) atoms. The minimum atomic E-state index is -0.000116. The summed E-state index contributed by atoms with van der Waals surface area (Å²) in [7, 11) is 0. The van der Waals surface area contributed by atoms with Gasteiger partial charge in [0.15, 0.2) is 0 Å². The fourth-order valence-corrected chi connectivity index (χ4v) is 1.61. The Balaban J connectivity index is 3.15. The van der Waals surface area contributed by atoms with Crippen LogP contribution in [0.1, 0.15) is 26.5 Å². The Morgan fingerprint density at radius 2 is 2.18 bits per heavy atom. The van der Waals surface area contributed by atoms with Crippen molar-refractivity contribution in [3.8, 4) is 0 Å². The van der Waals surface area contributed by atoms with E-state index in [1.54, 1.807) is 5.51 Å². The normalized spacial score (nSPS) is 11.1. The molecule has 58 valence electrons. The molecular formula is C8H10N2S. The number of aromatic nitrogens is 1. The van der Waals surface area contributed by atoms with E-state index in [-0.39, 0.29) is 5.41 Å². The summed E-state index contributed by atoms with van der Waals surface area (Å²) in [5.74, 6) is 0. The Morgan fingerprint density at radius 3 is 2.55 bits per heavy atom. The second-order valence-corrected chi connectivity index (χ2v) is 4.20. The van der Waals surface area contributed by atoms with Crippen LogP contribution in [0.3, 0.4) is 0 Å². The van der Waals surface area contributed by atoms with Gasteiger partial charge in [-0.25, -0.2) is 4.85 Å². The first-order chi connectivity index (χ1) is 5.05. The highest BCUT2D eigenvalue weighted by Gasteiger charge is 2.20. The van der Waals surface area contributed by atoms with Gasteiger partial charge in [0.05, 0.1) is 17.8 Å². The average molecular weight is 166 g/mol. The maximum atomic E-state index is 6.88. The van der Waals surface area contributed by atoms with Gasteiger partial charge in [0.2, 0.25) is 0 Å². The highest BCUT2D eigenvalue weighted by molar-refractivity contribution is 7.14. The summed E-state index contributed by atoms with van der Waals surface area (Å²) in [6.07, 6.45) is 0. The van der Waals surface area contributed by atoms with E-state index in [0.717, 1.165) is 10.7 Å². The van der Waals surface area contributed by atoms with Gasteiger partial charge in [-0.15, -0.1) is 11.3 Å². The highest BCUT2D eigenvalue weighted by Crippen LogP contribution is 2.33. The highest BCUT2D eigenvalue weighted by atomic mass is 32.1. The van der Waals surface area contributed by atoms with Crippen LogP contribution in [0.2, 0.25) is 0 Å². The summed E-state index contributed by atoms with van der Waals surface area (Å²) in [6.45, 7) is 13.1. The van der Waals surface area contributed by atoms with E-state index in [1.807, 2.05) is 0 Å². The number of rotatable bonds is 0. The maximum absolute atomic E-state index is 6.88. The predicted octanol–water partition coefficient (Wildman–Crippen LogP) is 2.99. The van der Waals surface area contributed by atoms with E-state index in [1.165, 1.54) is 11.3 Å². The van der Waals surface area contributed by atoms with Crippen LogP contribution in [-0.4, -0.2) is 4.98 Å². The molecule has 0 saturated carbocycles. The molecule has 0 aliphatic carbocycles. The van der Waals surface area contributed by atoms with Gasteiger partial charge in [0.1, 0.15) is 0 Å². The van der Waals surface area contributed by atoms with Gasteiger partial charge >= 0.3 is 0 Å². The quantitative estimate of drug-likeness (QED) is 0.541. The molecule has 2 nitrogen and oxygen atoms in total. The minimum absolute atomic E-state index is 0.000116. The first kappa shape index (κ1) is 8.22. The lowest BCUT2D eigenvalue weighted by Gasteiger charge is -2.15. The molecule has 1 heterocycles. The van der Waals surface area contributed by atoms with Gasteiger partial charge in [-0.3, -0.25) is 4.98 Å². The average Bonchev–Trinajstić information content (AvgIpc) is 2.31. The molecule has 0 fully saturated rings. The molecule has 1 aromatic rings. The molecule has 0 N–H and O–H groups in total. The number of thiazole rings is 1. The Kier molecular flexibility index (Phi) is 1.97. The molecule has 0 spiro atoms. The van der Waals surface area contributed by atoms with Crippen LogP contribution in [0.5, 0.6) is 0 Å². The van der Waals surface area contributed by atoms with Crippen LogP contribution in [0.4, 0.5) is 5.00 Å². The molecule has 0 saturated heterocycles. The van der Waals surface area contributed by atoms with Gasteiger partial charge in [0.25, 0.3) is 5.00 Å². The van der Waals surface area contributed by atoms with Crippen molar-refractivity contribution in [1.82, 2.24) is 4.98 Å². The largest absolute Gasteiger partial charge is 0.264 e. The first-order valence-corrected chi connectivity index (χ1v) is 4.25. The smallest absolute Gasteiger partial charge is 0.262 e. The maximum Gasteiger partial charge on any atom is 0.264 e. The van der Waals surface area contributed by atoms with Gasteiger partial charge in [-0.2, -0.15) is 0 Å². The zero-order chi connectivity index (χ0) is 8.48. The van der Waals surface area contributed by atoms with Crippen molar-refractivity contribution >= 4 is 16.3 Å². The number of hydrogen-bond acceptors (Lipinski definition) is 2. The van der Waals surface area contributed by atoms with Crippen molar-refractivity contribution < 1.29 is 0 Å². The van der Waals surface area contributed by atoms with Crippen LogP contribution < -0.4 is 0 Å². The Labute approximate surface area is 70.7 Å². The Bertz CT molecular complexity index is 288. The first-order valence-electron chi connectivity index (χ1n) is 3.37. The lowest BCUT2D eigenvalue weighted by Crippen LogP contribution is -2.11. The van der Waals surface area contributed by atoms with Crippen LogP contribution in [0, 0.1) is 6.57 Å². The number of hydrogen-bond donors (Lipinski definition) is 0. The Morgan fingerprint density at radius 1 is 1.55 bits per heavy atom. The van der Waals surface area contributed by atoms with Gasteiger partial charge < -0.3 is 0 Å². The zero-order valence-corrected chi connectivity index (χ0v) is 7.70. The van der Waals surface area contributed by atoms with E-state index >= 15 is 0 Å². The molecule has 0 aliphatic rings. The Hall–Kier alpha value is -0.880. The fraction of sp³-hybridized carbons (Fsp3) is 0.500. The topological polar surface area (TPSA) is 17.2 Å². The van der Waals surface area contributed by atoms with Crippen molar-refractivity contribution in [2.24, 2.45) is 0 Å². The summed E-state index contributed by atoms with van der Waals surface area (Å²) < 4.78 is 0. The monoisotopic (exact) mass is 166 g/mol.